The first-order valence-corrected chi connectivity index (χ1v) is 8.19. The molecule has 1 saturated heterocycles. The van der Waals surface area contributed by atoms with Gasteiger partial charge in [-0.2, -0.15) is 4.98 Å². The molecule has 1 aliphatic rings. The molecule has 1 aromatic carbocycles. The third kappa shape index (κ3) is 2.93. The van der Waals surface area contributed by atoms with Crippen LogP contribution in [0, 0.1) is 13.8 Å². The zero-order chi connectivity index (χ0) is 17.4. The summed E-state index contributed by atoms with van der Waals surface area (Å²) in [5.41, 5.74) is 1.47. The fourth-order valence-electron chi connectivity index (χ4n) is 3.35. The maximum atomic E-state index is 12.8. The molecule has 3 heterocycles. The number of hydrogen-bond donors (Lipinski definition) is 0. The average Bonchev–Trinajstić information content (AvgIpc) is 3.34. The van der Waals surface area contributed by atoms with Crippen LogP contribution < -0.4 is 0 Å². The highest BCUT2D eigenvalue weighted by atomic mass is 16.5. The Morgan fingerprint density at radius 1 is 1.08 bits per heavy atom. The Hall–Kier alpha value is -2.96. The van der Waals surface area contributed by atoms with E-state index in [4.69, 9.17) is 9.05 Å². The molecule has 0 saturated carbocycles. The van der Waals surface area contributed by atoms with E-state index in [2.05, 4.69) is 27.4 Å². The lowest BCUT2D eigenvalue weighted by molar-refractivity contribution is 0.0777. The number of carbonyl (C=O) groups is 1. The van der Waals surface area contributed by atoms with E-state index < -0.39 is 0 Å². The third-order valence-corrected chi connectivity index (χ3v) is 4.54. The molecule has 2 aromatic heterocycles. The summed E-state index contributed by atoms with van der Waals surface area (Å²) in [5, 5.41) is 7.75. The summed E-state index contributed by atoms with van der Waals surface area (Å²) < 4.78 is 10.4. The SMILES string of the molecule is Cc1noc([C@H]2CN(C(=O)c3cc(C)on3)C[C@H]2c2ccccc2)n1. The average molecular weight is 338 g/mol. The molecule has 0 unspecified atom stereocenters. The second kappa shape index (κ2) is 6.16. The van der Waals surface area contributed by atoms with E-state index in [9.17, 15) is 4.79 Å². The summed E-state index contributed by atoms with van der Waals surface area (Å²) in [5.74, 6) is 1.69. The Kier molecular flexibility index (Phi) is 3.83. The summed E-state index contributed by atoms with van der Waals surface area (Å²) >= 11 is 0. The van der Waals surface area contributed by atoms with Gasteiger partial charge in [0.2, 0.25) is 5.89 Å². The number of aromatic nitrogens is 3. The number of nitrogens with zero attached hydrogens (tertiary/aromatic N) is 4. The van der Waals surface area contributed by atoms with E-state index >= 15 is 0 Å². The monoisotopic (exact) mass is 338 g/mol. The van der Waals surface area contributed by atoms with Crippen LogP contribution in [-0.4, -0.2) is 39.2 Å². The summed E-state index contributed by atoms with van der Waals surface area (Å²) in [7, 11) is 0. The highest BCUT2D eigenvalue weighted by Crippen LogP contribution is 2.39. The van der Waals surface area contributed by atoms with Gasteiger partial charge in [-0.1, -0.05) is 40.6 Å². The minimum absolute atomic E-state index is 0.0412. The lowest BCUT2D eigenvalue weighted by Gasteiger charge is -2.15. The van der Waals surface area contributed by atoms with Crippen LogP contribution in [0.5, 0.6) is 0 Å². The molecular weight excluding hydrogens is 320 g/mol. The van der Waals surface area contributed by atoms with Crippen molar-refractivity contribution >= 4 is 5.91 Å². The van der Waals surface area contributed by atoms with E-state index in [1.165, 1.54) is 0 Å². The number of carbonyl (C=O) groups excluding carboxylic acids is 1. The smallest absolute Gasteiger partial charge is 0.276 e. The van der Waals surface area contributed by atoms with Gasteiger partial charge in [-0.15, -0.1) is 0 Å². The van der Waals surface area contributed by atoms with Crippen LogP contribution in [0.25, 0.3) is 0 Å². The minimum atomic E-state index is -0.142. The Balaban J connectivity index is 1.65. The van der Waals surface area contributed by atoms with E-state index in [0.717, 1.165) is 5.56 Å². The van der Waals surface area contributed by atoms with Gasteiger partial charge in [0.25, 0.3) is 5.91 Å². The molecule has 1 amide bonds. The standard InChI is InChI=1S/C18H18N4O3/c1-11-8-16(21-24-11)18(23)22-9-14(13-6-4-3-5-7-13)15(10-22)17-19-12(2)20-25-17/h3-8,14-15H,9-10H2,1-2H3/t14-,15-/m0/s1. The number of aryl methyl sites for hydroxylation is 2. The van der Waals surface area contributed by atoms with Gasteiger partial charge in [-0.05, 0) is 19.4 Å². The highest BCUT2D eigenvalue weighted by molar-refractivity contribution is 5.92. The lowest BCUT2D eigenvalue weighted by Crippen LogP contribution is -2.29. The van der Waals surface area contributed by atoms with Crippen molar-refractivity contribution in [2.24, 2.45) is 0 Å². The molecule has 0 spiro atoms. The van der Waals surface area contributed by atoms with Gasteiger partial charge < -0.3 is 13.9 Å². The summed E-state index contributed by atoms with van der Waals surface area (Å²) in [6.45, 7) is 4.64. The van der Waals surface area contributed by atoms with Gasteiger partial charge >= 0.3 is 0 Å². The molecule has 7 heteroatoms. The largest absolute Gasteiger partial charge is 0.361 e. The minimum Gasteiger partial charge on any atom is -0.361 e. The second-order valence-electron chi connectivity index (χ2n) is 6.34. The van der Waals surface area contributed by atoms with Crippen molar-refractivity contribution in [1.29, 1.82) is 0 Å². The van der Waals surface area contributed by atoms with Crippen molar-refractivity contribution in [1.82, 2.24) is 20.2 Å². The number of amides is 1. The van der Waals surface area contributed by atoms with E-state index in [1.807, 2.05) is 18.2 Å². The van der Waals surface area contributed by atoms with Gasteiger partial charge in [0.15, 0.2) is 11.5 Å². The van der Waals surface area contributed by atoms with Crippen molar-refractivity contribution in [3.8, 4) is 0 Å². The third-order valence-electron chi connectivity index (χ3n) is 4.54. The van der Waals surface area contributed by atoms with Gasteiger partial charge in [0.05, 0.1) is 5.92 Å². The molecule has 0 N–H and O–H groups in total. The molecule has 4 rings (SSSR count). The van der Waals surface area contributed by atoms with Crippen LogP contribution in [0.15, 0.2) is 45.4 Å². The first-order chi connectivity index (χ1) is 12.1. The van der Waals surface area contributed by atoms with E-state index in [0.29, 0.717) is 36.3 Å². The van der Waals surface area contributed by atoms with Crippen molar-refractivity contribution in [3.05, 3.63) is 65.1 Å². The molecular formula is C18H18N4O3. The molecule has 3 aromatic rings. The Morgan fingerprint density at radius 3 is 2.48 bits per heavy atom. The number of benzene rings is 1. The Morgan fingerprint density at radius 2 is 1.84 bits per heavy atom. The van der Waals surface area contributed by atoms with Crippen molar-refractivity contribution < 1.29 is 13.8 Å². The Bertz CT molecular complexity index is 887. The zero-order valence-electron chi connectivity index (χ0n) is 14.0. The van der Waals surface area contributed by atoms with Crippen molar-refractivity contribution in [2.45, 2.75) is 25.7 Å². The molecule has 128 valence electrons. The highest BCUT2D eigenvalue weighted by Gasteiger charge is 2.40. The Labute approximate surface area is 144 Å². The predicted molar refractivity (Wildman–Crippen MR) is 88.1 cm³/mol. The topological polar surface area (TPSA) is 85.3 Å². The molecule has 0 bridgehead atoms. The van der Waals surface area contributed by atoms with E-state index in [-0.39, 0.29) is 17.7 Å². The molecule has 25 heavy (non-hydrogen) atoms. The van der Waals surface area contributed by atoms with Crippen LogP contribution >= 0.6 is 0 Å². The fraction of sp³-hybridized carbons (Fsp3) is 0.333. The quantitative estimate of drug-likeness (QED) is 0.730. The second-order valence-corrected chi connectivity index (χ2v) is 6.34. The van der Waals surface area contributed by atoms with Gasteiger partial charge in [0.1, 0.15) is 5.76 Å². The normalized spacial score (nSPS) is 20.2. The maximum absolute atomic E-state index is 12.8. The first-order valence-electron chi connectivity index (χ1n) is 8.19. The number of rotatable bonds is 3. The van der Waals surface area contributed by atoms with Gasteiger partial charge in [-0.3, -0.25) is 4.79 Å². The van der Waals surface area contributed by atoms with Crippen LogP contribution in [0.4, 0.5) is 0 Å². The molecule has 2 atom stereocenters. The molecule has 1 aliphatic heterocycles. The van der Waals surface area contributed by atoms with Crippen LogP contribution in [-0.2, 0) is 0 Å². The van der Waals surface area contributed by atoms with Gasteiger partial charge in [0, 0.05) is 25.1 Å². The van der Waals surface area contributed by atoms with E-state index in [1.54, 1.807) is 24.8 Å². The molecule has 0 aliphatic carbocycles. The zero-order valence-corrected chi connectivity index (χ0v) is 14.0. The maximum Gasteiger partial charge on any atom is 0.276 e. The van der Waals surface area contributed by atoms with Crippen LogP contribution in [0.1, 0.15) is 45.4 Å². The van der Waals surface area contributed by atoms with Gasteiger partial charge in [-0.25, -0.2) is 0 Å². The fourth-order valence-corrected chi connectivity index (χ4v) is 3.35. The first kappa shape index (κ1) is 15.6. The van der Waals surface area contributed by atoms with Crippen molar-refractivity contribution in [3.63, 3.8) is 0 Å². The van der Waals surface area contributed by atoms with Crippen LogP contribution in [0.2, 0.25) is 0 Å². The molecule has 7 nitrogen and oxygen atoms in total. The number of likely N-dealkylation sites (tertiary alicyclic amines) is 1. The predicted octanol–water partition coefficient (Wildman–Crippen LogP) is 2.70. The molecule has 1 fully saturated rings. The number of hydrogen-bond acceptors (Lipinski definition) is 6. The van der Waals surface area contributed by atoms with Crippen LogP contribution in [0.3, 0.4) is 0 Å². The van der Waals surface area contributed by atoms with Crippen molar-refractivity contribution in [2.75, 3.05) is 13.1 Å². The summed E-state index contributed by atoms with van der Waals surface area (Å²) in [4.78, 5) is 18.9. The molecule has 0 radical (unpaired) electrons. The summed E-state index contributed by atoms with van der Waals surface area (Å²) in [6, 6.07) is 11.8. The summed E-state index contributed by atoms with van der Waals surface area (Å²) in [6.07, 6.45) is 0. The lowest BCUT2D eigenvalue weighted by atomic mass is 9.89.